The minimum atomic E-state index is -0.756. The fourth-order valence-electron chi connectivity index (χ4n) is 3.27. The van der Waals surface area contributed by atoms with Crippen LogP contribution in [0.2, 0.25) is 0 Å². The van der Waals surface area contributed by atoms with Crippen LogP contribution in [0.15, 0.2) is 0 Å². The van der Waals surface area contributed by atoms with Crippen molar-refractivity contribution in [2.45, 2.75) is 71.1 Å². The lowest BCUT2D eigenvalue weighted by molar-refractivity contribution is -0.152. The highest BCUT2D eigenvalue weighted by molar-refractivity contribution is 5.76. The largest absolute Gasteiger partial charge is 0.481 e. The van der Waals surface area contributed by atoms with Crippen LogP contribution in [0.1, 0.15) is 53.4 Å². The molecule has 5 heteroatoms. The minimum absolute atomic E-state index is 0.00898. The van der Waals surface area contributed by atoms with Gasteiger partial charge in [0, 0.05) is 12.1 Å². The average Bonchev–Trinajstić information content (AvgIpc) is 2.49. The maximum atomic E-state index is 12.2. The number of rotatable bonds is 1. The number of aliphatic carboxylic acids is 1. The second-order valence-corrected chi connectivity index (χ2v) is 7.05. The summed E-state index contributed by atoms with van der Waals surface area (Å²) < 4.78 is 5.43. The molecular formula is C14H23NO4. The maximum Gasteiger partial charge on any atom is 0.410 e. The highest BCUT2D eigenvalue weighted by Gasteiger charge is 2.52. The zero-order chi connectivity index (χ0) is 14.4. The summed E-state index contributed by atoms with van der Waals surface area (Å²) in [5.74, 6) is -0.756. The van der Waals surface area contributed by atoms with E-state index in [-0.39, 0.29) is 18.2 Å². The molecule has 19 heavy (non-hydrogen) atoms. The van der Waals surface area contributed by atoms with Crippen molar-refractivity contribution < 1.29 is 19.4 Å². The highest BCUT2D eigenvalue weighted by atomic mass is 16.6. The van der Waals surface area contributed by atoms with Gasteiger partial charge in [0.1, 0.15) is 5.60 Å². The first-order chi connectivity index (χ1) is 8.62. The van der Waals surface area contributed by atoms with E-state index in [9.17, 15) is 14.7 Å². The summed E-state index contributed by atoms with van der Waals surface area (Å²) in [5, 5.41) is 9.34. The molecule has 0 radical (unpaired) electrons. The lowest BCUT2D eigenvalue weighted by Gasteiger charge is -2.42. The van der Waals surface area contributed by atoms with Gasteiger partial charge < -0.3 is 14.7 Å². The van der Waals surface area contributed by atoms with Crippen molar-refractivity contribution in [2.75, 3.05) is 0 Å². The molecule has 2 rings (SSSR count). The van der Waals surface area contributed by atoms with Crippen molar-refractivity contribution in [2.24, 2.45) is 5.41 Å². The fraction of sp³-hybridized carbons (Fsp3) is 0.857. The molecule has 2 aliphatic rings. The van der Waals surface area contributed by atoms with Crippen LogP contribution in [0.25, 0.3) is 0 Å². The summed E-state index contributed by atoms with van der Waals surface area (Å²) in [6.45, 7) is 7.32. The van der Waals surface area contributed by atoms with Gasteiger partial charge in [-0.3, -0.25) is 4.79 Å². The zero-order valence-corrected chi connectivity index (χ0v) is 12.1. The quantitative estimate of drug-likeness (QED) is 0.794. The SMILES string of the molecule is CC(C)(C)OC(=O)N1C2CCC1CC(C)(C(=O)O)C2. The Morgan fingerprint density at radius 1 is 1.21 bits per heavy atom. The van der Waals surface area contributed by atoms with Gasteiger partial charge in [-0.1, -0.05) is 0 Å². The lowest BCUT2D eigenvalue weighted by atomic mass is 9.77. The van der Waals surface area contributed by atoms with Gasteiger partial charge in [0.25, 0.3) is 0 Å². The molecule has 2 bridgehead atoms. The van der Waals surface area contributed by atoms with Crippen molar-refractivity contribution in [3.63, 3.8) is 0 Å². The second kappa shape index (κ2) is 4.39. The van der Waals surface area contributed by atoms with Crippen LogP contribution < -0.4 is 0 Å². The Kier molecular flexibility index (Phi) is 3.27. The molecule has 0 spiro atoms. The van der Waals surface area contributed by atoms with Gasteiger partial charge in [0.05, 0.1) is 5.41 Å². The van der Waals surface area contributed by atoms with E-state index in [4.69, 9.17) is 4.74 Å². The van der Waals surface area contributed by atoms with Crippen LogP contribution in [0, 0.1) is 5.41 Å². The number of hydrogen-bond acceptors (Lipinski definition) is 3. The summed E-state index contributed by atoms with van der Waals surface area (Å²) >= 11 is 0. The normalized spacial score (nSPS) is 34.2. The molecule has 2 unspecified atom stereocenters. The van der Waals surface area contributed by atoms with E-state index in [2.05, 4.69) is 0 Å². The molecule has 2 aliphatic heterocycles. The first-order valence-corrected chi connectivity index (χ1v) is 6.87. The molecule has 0 aromatic heterocycles. The van der Waals surface area contributed by atoms with Crippen LogP contribution in [-0.2, 0) is 9.53 Å². The number of carbonyl (C=O) groups excluding carboxylic acids is 1. The predicted molar refractivity (Wildman–Crippen MR) is 69.9 cm³/mol. The van der Waals surface area contributed by atoms with Gasteiger partial charge in [0.2, 0.25) is 0 Å². The monoisotopic (exact) mass is 269 g/mol. The Morgan fingerprint density at radius 3 is 2.05 bits per heavy atom. The van der Waals surface area contributed by atoms with E-state index in [1.54, 1.807) is 11.8 Å². The van der Waals surface area contributed by atoms with Gasteiger partial charge in [-0.2, -0.15) is 0 Å². The van der Waals surface area contributed by atoms with E-state index in [1.165, 1.54) is 0 Å². The molecule has 2 saturated heterocycles. The molecule has 108 valence electrons. The van der Waals surface area contributed by atoms with Gasteiger partial charge in [0.15, 0.2) is 0 Å². The molecule has 0 aliphatic carbocycles. The van der Waals surface area contributed by atoms with E-state index < -0.39 is 17.0 Å². The topological polar surface area (TPSA) is 66.8 Å². The lowest BCUT2D eigenvalue weighted by Crippen LogP contribution is -2.52. The second-order valence-electron chi connectivity index (χ2n) is 7.05. The molecule has 2 atom stereocenters. The molecule has 5 nitrogen and oxygen atoms in total. The molecule has 1 N–H and O–H groups in total. The molecule has 0 saturated carbocycles. The van der Waals surface area contributed by atoms with Crippen molar-refractivity contribution >= 4 is 12.1 Å². The first-order valence-electron chi connectivity index (χ1n) is 6.87. The Bertz CT molecular complexity index is 385. The number of amides is 1. The van der Waals surface area contributed by atoms with Crippen molar-refractivity contribution in [1.82, 2.24) is 4.90 Å². The molecule has 0 aromatic carbocycles. The van der Waals surface area contributed by atoms with E-state index in [1.807, 2.05) is 20.8 Å². The number of carboxylic acid groups (broad SMARTS) is 1. The summed E-state index contributed by atoms with van der Waals surface area (Å²) in [4.78, 5) is 25.4. The Morgan fingerprint density at radius 2 is 1.68 bits per heavy atom. The van der Waals surface area contributed by atoms with Crippen molar-refractivity contribution in [1.29, 1.82) is 0 Å². The van der Waals surface area contributed by atoms with E-state index >= 15 is 0 Å². The van der Waals surface area contributed by atoms with Gasteiger partial charge in [-0.25, -0.2) is 4.79 Å². The molecule has 0 aromatic rings. The molecule has 1 amide bonds. The fourth-order valence-corrected chi connectivity index (χ4v) is 3.27. The van der Waals surface area contributed by atoms with E-state index in [0.717, 1.165) is 12.8 Å². The van der Waals surface area contributed by atoms with Gasteiger partial charge >= 0.3 is 12.1 Å². The third kappa shape index (κ3) is 2.69. The van der Waals surface area contributed by atoms with Crippen molar-refractivity contribution in [3.8, 4) is 0 Å². The van der Waals surface area contributed by atoms with Crippen LogP contribution in [0.5, 0.6) is 0 Å². The number of piperidine rings is 1. The average molecular weight is 269 g/mol. The Hall–Kier alpha value is -1.26. The van der Waals surface area contributed by atoms with Crippen LogP contribution in [0.3, 0.4) is 0 Å². The summed E-state index contributed by atoms with van der Waals surface area (Å²) in [7, 11) is 0. The standard InChI is InChI=1S/C14H23NO4/c1-13(2,3)19-12(18)15-9-5-6-10(15)8-14(4,7-9)11(16)17/h9-10H,5-8H2,1-4H3,(H,16,17). The number of carboxylic acids is 1. The van der Waals surface area contributed by atoms with Crippen LogP contribution in [0.4, 0.5) is 4.79 Å². The summed E-state index contributed by atoms with van der Waals surface area (Å²) in [5.41, 5.74) is -1.21. The maximum absolute atomic E-state index is 12.2. The predicted octanol–water partition coefficient (Wildman–Crippen LogP) is 2.64. The summed E-state index contributed by atoms with van der Waals surface area (Å²) in [6.07, 6.45) is 2.52. The molecule has 2 fully saturated rings. The zero-order valence-electron chi connectivity index (χ0n) is 12.1. The number of ether oxygens (including phenoxy) is 1. The smallest absolute Gasteiger partial charge is 0.410 e. The van der Waals surface area contributed by atoms with Gasteiger partial charge in [-0.15, -0.1) is 0 Å². The number of carbonyl (C=O) groups is 2. The van der Waals surface area contributed by atoms with Crippen LogP contribution >= 0.6 is 0 Å². The Labute approximate surface area is 113 Å². The number of nitrogens with zero attached hydrogens (tertiary/aromatic N) is 1. The van der Waals surface area contributed by atoms with Gasteiger partial charge in [-0.05, 0) is 53.4 Å². The third-order valence-electron chi connectivity index (χ3n) is 4.11. The van der Waals surface area contributed by atoms with Crippen molar-refractivity contribution in [3.05, 3.63) is 0 Å². The Balaban J connectivity index is 2.12. The third-order valence-corrected chi connectivity index (χ3v) is 4.11. The minimum Gasteiger partial charge on any atom is -0.481 e. The molecular weight excluding hydrogens is 246 g/mol. The van der Waals surface area contributed by atoms with Crippen LogP contribution in [-0.4, -0.2) is 39.8 Å². The highest BCUT2D eigenvalue weighted by Crippen LogP contribution is 2.46. The van der Waals surface area contributed by atoms with E-state index in [0.29, 0.717) is 12.8 Å². The summed E-state index contributed by atoms with van der Waals surface area (Å²) in [6, 6.07) is 0.0180. The first kappa shape index (κ1) is 14.2. The molecule has 2 heterocycles. The number of fused-ring (bicyclic) bond motifs is 2. The number of hydrogen-bond donors (Lipinski definition) is 1.